The second-order valence-electron chi connectivity index (χ2n) is 18.1. The molecular weight excluding hydrogens is 1250 g/mol. The summed E-state index contributed by atoms with van der Waals surface area (Å²) in [6.07, 6.45) is -1.17. The van der Waals surface area contributed by atoms with Gasteiger partial charge in [-0.2, -0.15) is 0 Å². The molecule has 0 bridgehead atoms. The number of ketones is 2. The number of carbonyl (C=O) groups excluding carboxylic acids is 2. The first-order chi connectivity index (χ1) is 40.0. The van der Waals surface area contributed by atoms with Crippen LogP contribution in [0, 0.1) is 172 Å². The molecule has 0 aliphatic heterocycles. The maximum absolute atomic E-state index is 13.5. The molecule has 0 heterocycles. The predicted octanol–water partition coefficient (Wildman–Crippen LogP) is 16.5. The minimum Gasteiger partial charge on any atom is -0.872 e. The fourth-order valence-electron chi connectivity index (χ4n) is 6.36. The van der Waals surface area contributed by atoms with Crippen molar-refractivity contribution in [3.05, 3.63) is 292 Å². The third-order valence-electron chi connectivity index (χ3n) is 11.2. The standard InChI is InChI=1S/2C15H2F10O2.4C8H10.Cu/c2*16-6-4(7(17)11(21)14(24)10(6)20)2(26)1-3(27)5-8(18)12(22)15(25)13(23)9(5)19;4*1-7-3-5-8(2)6-4-7;/h2*1,26H;4*3-6H,1-2H3;/q;;;;;;+2/p-2/b2*2-1-;;;;;. The van der Waals surface area contributed by atoms with Crippen molar-refractivity contribution in [2.75, 3.05) is 0 Å². The number of aryl methyl sites for hydroxylation is 8. The first-order valence-corrected chi connectivity index (χ1v) is 24.0. The molecular formula is C62H42CuF20O4. The molecule has 25 heteroatoms. The Morgan fingerprint density at radius 1 is 0.230 bits per heavy atom. The van der Waals surface area contributed by atoms with E-state index >= 15 is 0 Å². The van der Waals surface area contributed by atoms with E-state index in [1.807, 2.05) is 0 Å². The molecule has 0 aromatic heterocycles. The Labute approximate surface area is 493 Å². The van der Waals surface area contributed by atoms with Gasteiger partial charge in [0.05, 0.1) is 11.1 Å². The quantitative estimate of drug-likeness (QED) is 0.0316. The van der Waals surface area contributed by atoms with E-state index in [1.165, 1.54) is 44.5 Å². The summed E-state index contributed by atoms with van der Waals surface area (Å²) < 4.78 is 263. The van der Waals surface area contributed by atoms with Gasteiger partial charge in [0, 0.05) is 11.1 Å². The van der Waals surface area contributed by atoms with Gasteiger partial charge in [0.1, 0.15) is 0 Å². The Morgan fingerprint density at radius 2 is 0.333 bits per heavy atom. The van der Waals surface area contributed by atoms with Gasteiger partial charge in [-0.15, -0.1) is 0 Å². The van der Waals surface area contributed by atoms with Crippen molar-refractivity contribution in [1.29, 1.82) is 0 Å². The average Bonchev–Trinajstić information content (AvgIpc) is 1.44. The number of halogens is 20. The van der Waals surface area contributed by atoms with Gasteiger partial charge in [-0.05, 0) is 67.5 Å². The zero-order valence-electron chi connectivity index (χ0n) is 45.9. The predicted molar refractivity (Wildman–Crippen MR) is 273 cm³/mol. The molecule has 1 radical (unpaired) electrons. The fraction of sp³-hybridized carbons (Fsp3) is 0.129. The molecule has 0 aliphatic carbocycles. The van der Waals surface area contributed by atoms with Gasteiger partial charge in [0.2, 0.25) is 23.3 Å². The van der Waals surface area contributed by atoms with Crippen LogP contribution in [0.2, 0.25) is 0 Å². The van der Waals surface area contributed by atoms with Gasteiger partial charge in [0.25, 0.3) is 0 Å². The van der Waals surface area contributed by atoms with E-state index in [1.54, 1.807) is 0 Å². The van der Waals surface area contributed by atoms with E-state index < -0.39 is 174 Å². The normalized spacial score (nSPS) is 10.8. The van der Waals surface area contributed by atoms with Gasteiger partial charge in [-0.1, -0.05) is 153 Å². The summed E-state index contributed by atoms with van der Waals surface area (Å²) >= 11 is 0. The van der Waals surface area contributed by atoms with Crippen LogP contribution in [0.3, 0.4) is 0 Å². The molecule has 0 aliphatic rings. The topological polar surface area (TPSA) is 80.3 Å². The van der Waals surface area contributed by atoms with Crippen molar-refractivity contribution >= 4 is 23.1 Å². The van der Waals surface area contributed by atoms with Gasteiger partial charge in [0.15, 0.2) is 105 Å². The van der Waals surface area contributed by atoms with Gasteiger partial charge >= 0.3 is 17.1 Å². The largest absolute Gasteiger partial charge is 2.00 e. The monoisotopic (exact) mass is 1290 g/mol. The zero-order chi connectivity index (χ0) is 65.5. The van der Waals surface area contributed by atoms with Gasteiger partial charge in [-0.3, -0.25) is 9.59 Å². The van der Waals surface area contributed by atoms with E-state index in [9.17, 15) is 108 Å². The molecule has 0 atom stereocenters. The Bertz CT molecular complexity index is 3300. The van der Waals surface area contributed by atoms with E-state index in [0.717, 1.165) is 0 Å². The Balaban J connectivity index is 0.000000393. The minimum atomic E-state index is -2.64. The van der Waals surface area contributed by atoms with Crippen LogP contribution in [0.5, 0.6) is 0 Å². The molecule has 8 rings (SSSR count). The molecule has 0 spiro atoms. The molecule has 8 aromatic carbocycles. The Hall–Kier alpha value is -8.70. The summed E-state index contributed by atoms with van der Waals surface area (Å²) in [7, 11) is 0. The number of allylic oxidation sites excluding steroid dienone is 2. The molecule has 87 heavy (non-hydrogen) atoms. The zero-order valence-corrected chi connectivity index (χ0v) is 46.8. The summed E-state index contributed by atoms with van der Waals surface area (Å²) in [4.78, 5) is 23.3. The maximum Gasteiger partial charge on any atom is 2.00 e. The van der Waals surface area contributed by atoms with E-state index in [4.69, 9.17) is 0 Å². The SMILES string of the molecule is Cc1ccc(C)cc1.Cc1ccc(C)cc1.Cc1ccc(C)cc1.Cc1ccc(C)cc1.O=C(/C=C(\[O-])c1c(F)c(F)c(F)c(F)c1F)c1c(F)c(F)c(F)c(F)c1F.O=C(/C=C(\[O-])c1c(F)c(F)c(F)c(F)c1F)c1c(F)c(F)c(F)c(F)c1F.[Cu+2]. The maximum atomic E-state index is 13.5. The third kappa shape index (κ3) is 19.1. The van der Waals surface area contributed by atoms with Crippen LogP contribution in [0.1, 0.15) is 76.4 Å². The molecule has 465 valence electrons. The van der Waals surface area contributed by atoms with Crippen molar-refractivity contribution in [3.8, 4) is 0 Å². The summed E-state index contributed by atoms with van der Waals surface area (Å²) in [6.45, 7) is 16.8. The van der Waals surface area contributed by atoms with Crippen LogP contribution < -0.4 is 10.2 Å². The number of hydrogen-bond donors (Lipinski definition) is 0. The average molecular weight is 1290 g/mol. The van der Waals surface area contributed by atoms with Crippen molar-refractivity contribution in [2.45, 2.75) is 55.4 Å². The van der Waals surface area contributed by atoms with Crippen LogP contribution in [-0.2, 0) is 17.1 Å². The smallest absolute Gasteiger partial charge is 0.872 e. The fourth-order valence-corrected chi connectivity index (χ4v) is 6.36. The number of benzene rings is 8. The molecule has 0 unspecified atom stereocenters. The van der Waals surface area contributed by atoms with Crippen molar-refractivity contribution in [1.82, 2.24) is 0 Å². The summed E-state index contributed by atoms with van der Waals surface area (Å²) in [5, 5.41) is 23.3. The van der Waals surface area contributed by atoms with Gasteiger partial charge in [-0.25, -0.2) is 87.8 Å². The van der Waals surface area contributed by atoms with Crippen LogP contribution in [0.4, 0.5) is 87.8 Å². The Kier molecular flexibility index (Phi) is 28.0. The molecule has 0 saturated carbocycles. The van der Waals surface area contributed by atoms with E-state index in [0.29, 0.717) is 0 Å². The van der Waals surface area contributed by atoms with Crippen molar-refractivity contribution in [3.63, 3.8) is 0 Å². The van der Waals surface area contributed by atoms with Crippen molar-refractivity contribution < 1.29 is 125 Å². The van der Waals surface area contributed by atoms with Crippen LogP contribution in [0.25, 0.3) is 11.5 Å². The molecule has 0 amide bonds. The van der Waals surface area contributed by atoms with Crippen LogP contribution in [0.15, 0.2) is 109 Å². The Morgan fingerprint density at radius 3 is 0.460 bits per heavy atom. The third-order valence-corrected chi connectivity index (χ3v) is 11.2. The summed E-state index contributed by atoms with van der Waals surface area (Å²) in [5.41, 5.74) is 1.98. The minimum absolute atomic E-state index is 0. The summed E-state index contributed by atoms with van der Waals surface area (Å²) in [6, 6.07) is 33.9. The molecule has 0 N–H and O–H groups in total. The second-order valence-corrected chi connectivity index (χ2v) is 18.1. The van der Waals surface area contributed by atoms with Gasteiger partial charge < -0.3 is 10.2 Å². The first-order valence-electron chi connectivity index (χ1n) is 24.0. The molecule has 0 saturated heterocycles. The second kappa shape index (κ2) is 32.7. The first kappa shape index (κ1) is 74.4. The number of carbonyl (C=O) groups is 2. The van der Waals surface area contributed by atoms with E-state index in [-0.39, 0.29) is 17.1 Å². The molecule has 8 aromatic rings. The van der Waals surface area contributed by atoms with E-state index in [2.05, 4.69) is 152 Å². The van der Waals surface area contributed by atoms with Crippen LogP contribution in [-0.4, -0.2) is 11.6 Å². The summed E-state index contributed by atoms with van der Waals surface area (Å²) in [5.74, 6) is -61.4. The van der Waals surface area contributed by atoms with Crippen molar-refractivity contribution in [2.24, 2.45) is 0 Å². The van der Waals surface area contributed by atoms with Crippen LogP contribution >= 0.6 is 0 Å². The number of hydrogen-bond acceptors (Lipinski definition) is 4. The molecule has 0 fully saturated rings. The molecule has 4 nitrogen and oxygen atoms in total. The number of rotatable bonds is 6.